The van der Waals surface area contributed by atoms with Gasteiger partial charge in [-0.15, -0.1) is 0 Å². The van der Waals surface area contributed by atoms with Crippen LogP contribution in [0.25, 0.3) is 22.0 Å². The van der Waals surface area contributed by atoms with Gasteiger partial charge in [-0.3, -0.25) is 5.10 Å². The Hall–Kier alpha value is -3.13. The maximum Gasteiger partial charge on any atom is 0.0650 e. The highest BCUT2D eigenvalue weighted by Crippen LogP contribution is 2.36. The van der Waals surface area contributed by atoms with Crippen molar-refractivity contribution in [2.75, 3.05) is 0 Å². The second-order valence-electron chi connectivity index (χ2n) is 7.06. The minimum atomic E-state index is 0.968. The van der Waals surface area contributed by atoms with E-state index in [0.29, 0.717) is 0 Å². The quantitative estimate of drug-likeness (QED) is 0.415. The molecule has 1 N–H and O–H groups in total. The zero-order valence-electron chi connectivity index (χ0n) is 16.1. The van der Waals surface area contributed by atoms with Crippen molar-refractivity contribution in [1.82, 2.24) is 10.2 Å². The molecule has 1 aromatic heterocycles. The number of allylic oxidation sites excluding steroid dienone is 1. The minimum absolute atomic E-state index is 0.968. The third-order valence-electron chi connectivity index (χ3n) is 5.16. The number of aromatic nitrogens is 2. The molecule has 134 valence electrons. The second kappa shape index (κ2) is 7.24. The largest absolute Gasteiger partial charge is 0.278 e. The van der Waals surface area contributed by atoms with Gasteiger partial charge in [0.15, 0.2) is 0 Å². The van der Waals surface area contributed by atoms with Crippen LogP contribution >= 0.6 is 0 Å². The molecule has 27 heavy (non-hydrogen) atoms. The number of nitrogens with zero attached hydrogens (tertiary/aromatic N) is 1. The molecule has 0 atom stereocenters. The number of benzene rings is 3. The van der Waals surface area contributed by atoms with Crippen LogP contribution in [0.3, 0.4) is 0 Å². The molecule has 0 bridgehead atoms. The predicted molar refractivity (Wildman–Crippen MR) is 115 cm³/mol. The van der Waals surface area contributed by atoms with Gasteiger partial charge in [0.25, 0.3) is 0 Å². The van der Waals surface area contributed by atoms with E-state index in [2.05, 4.69) is 97.7 Å². The van der Waals surface area contributed by atoms with Crippen LogP contribution in [0, 0.1) is 13.8 Å². The first-order valence-corrected chi connectivity index (χ1v) is 9.47. The lowest BCUT2D eigenvalue weighted by Gasteiger charge is -2.18. The Labute approximate surface area is 160 Å². The van der Waals surface area contributed by atoms with Gasteiger partial charge in [0, 0.05) is 5.39 Å². The highest BCUT2D eigenvalue weighted by molar-refractivity contribution is 6.01. The van der Waals surface area contributed by atoms with Crippen LogP contribution in [0.4, 0.5) is 0 Å². The van der Waals surface area contributed by atoms with Gasteiger partial charge in [0.05, 0.1) is 11.7 Å². The standard InChI is InChI=1S/C25H24N2/c1-4-22(19-8-6-5-7-9-19)25(23-12-10-17(2)14-18(23)3)20-11-13-24-21(15-20)16-26-27-24/h5-16H,4H2,1-3H3,(H,26,27)/b25-22-. The lowest BCUT2D eigenvalue weighted by atomic mass is 9.85. The number of hydrogen-bond donors (Lipinski definition) is 1. The predicted octanol–water partition coefficient (Wildman–Crippen LogP) is 6.55. The van der Waals surface area contributed by atoms with Crippen molar-refractivity contribution in [3.8, 4) is 0 Å². The molecule has 2 heteroatoms. The van der Waals surface area contributed by atoms with E-state index in [1.54, 1.807) is 0 Å². The number of fused-ring (bicyclic) bond motifs is 1. The first-order valence-electron chi connectivity index (χ1n) is 9.47. The molecule has 4 aromatic rings. The Morgan fingerprint density at radius 1 is 0.889 bits per heavy atom. The fourth-order valence-electron chi connectivity index (χ4n) is 3.85. The minimum Gasteiger partial charge on any atom is -0.278 e. The lowest BCUT2D eigenvalue weighted by Crippen LogP contribution is -1.97. The summed E-state index contributed by atoms with van der Waals surface area (Å²) in [5.41, 5.74) is 10.1. The molecule has 0 aliphatic rings. The normalized spacial score (nSPS) is 12.3. The van der Waals surface area contributed by atoms with Gasteiger partial charge in [-0.25, -0.2) is 0 Å². The zero-order chi connectivity index (χ0) is 18.8. The van der Waals surface area contributed by atoms with Crippen molar-refractivity contribution >= 4 is 22.0 Å². The summed E-state index contributed by atoms with van der Waals surface area (Å²) in [5, 5.41) is 8.38. The van der Waals surface area contributed by atoms with Crippen LogP contribution in [0.2, 0.25) is 0 Å². The van der Waals surface area contributed by atoms with Crippen molar-refractivity contribution in [3.05, 3.63) is 101 Å². The van der Waals surface area contributed by atoms with Crippen LogP contribution in [0.15, 0.2) is 72.9 Å². The Bertz CT molecular complexity index is 1120. The first kappa shape index (κ1) is 17.3. The summed E-state index contributed by atoms with van der Waals surface area (Å²) in [4.78, 5) is 0. The van der Waals surface area contributed by atoms with Crippen LogP contribution in [-0.4, -0.2) is 10.2 Å². The molecular weight excluding hydrogens is 328 g/mol. The van der Waals surface area contributed by atoms with E-state index in [-0.39, 0.29) is 0 Å². The van der Waals surface area contributed by atoms with E-state index in [0.717, 1.165) is 17.3 Å². The van der Waals surface area contributed by atoms with E-state index >= 15 is 0 Å². The molecule has 2 nitrogen and oxygen atoms in total. The molecule has 0 amide bonds. The molecule has 1 heterocycles. The van der Waals surface area contributed by atoms with E-state index in [1.807, 2.05) is 6.20 Å². The van der Waals surface area contributed by atoms with Crippen LogP contribution in [0.5, 0.6) is 0 Å². The fraction of sp³-hybridized carbons (Fsp3) is 0.160. The number of hydrogen-bond acceptors (Lipinski definition) is 1. The number of rotatable bonds is 4. The van der Waals surface area contributed by atoms with Crippen LogP contribution in [-0.2, 0) is 0 Å². The van der Waals surface area contributed by atoms with E-state index < -0.39 is 0 Å². The molecule has 4 rings (SSSR count). The molecule has 0 saturated heterocycles. The van der Waals surface area contributed by atoms with Gasteiger partial charge in [0.1, 0.15) is 0 Å². The maximum absolute atomic E-state index is 4.19. The molecule has 0 unspecified atom stereocenters. The highest BCUT2D eigenvalue weighted by Gasteiger charge is 2.15. The summed E-state index contributed by atoms with van der Waals surface area (Å²) in [5.74, 6) is 0. The van der Waals surface area contributed by atoms with Gasteiger partial charge >= 0.3 is 0 Å². The van der Waals surface area contributed by atoms with Gasteiger partial charge < -0.3 is 0 Å². The Morgan fingerprint density at radius 2 is 1.70 bits per heavy atom. The van der Waals surface area contributed by atoms with Crippen molar-refractivity contribution in [3.63, 3.8) is 0 Å². The van der Waals surface area contributed by atoms with E-state index in [4.69, 9.17) is 0 Å². The van der Waals surface area contributed by atoms with Gasteiger partial charge in [-0.1, -0.05) is 67.1 Å². The van der Waals surface area contributed by atoms with Crippen molar-refractivity contribution in [2.24, 2.45) is 0 Å². The number of aromatic amines is 1. The van der Waals surface area contributed by atoms with Gasteiger partial charge in [0.2, 0.25) is 0 Å². The number of aryl methyl sites for hydroxylation is 2. The molecular formula is C25H24N2. The molecule has 3 aromatic carbocycles. The smallest absolute Gasteiger partial charge is 0.0650 e. The number of nitrogens with one attached hydrogen (secondary N) is 1. The molecule has 0 fully saturated rings. The van der Waals surface area contributed by atoms with Gasteiger partial charge in [-0.05, 0) is 65.8 Å². The average molecular weight is 352 g/mol. The summed E-state index contributed by atoms with van der Waals surface area (Å²) in [6.45, 7) is 6.59. The molecule has 0 aliphatic heterocycles. The summed E-state index contributed by atoms with van der Waals surface area (Å²) in [6.07, 6.45) is 2.86. The lowest BCUT2D eigenvalue weighted by molar-refractivity contribution is 1.12. The zero-order valence-corrected chi connectivity index (χ0v) is 16.1. The number of H-pyrrole nitrogens is 1. The molecule has 0 aliphatic carbocycles. The third-order valence-corrected chi connectivity index (χ3v) is 5.16. The molecule has 0 radical (unpaired) electrons. The summed E-state index contributed by atoms with van der Waals surface area (Å²) in [7, 11) is 0. The topological polar surface area (TPSA) is 28.7 Å². The van der Waals surface area contributed by atoms with Crippen molar-refractivity contribution < 1.29 is 0 Å². The third kappa shape index (κ3) is 3.31. The van der Waals surface area contributed by atoms with Gasteiger partial charge in [-0.2, -0.15) is 5.10 Å². The van der Waals surface area contributed by atoms with Crippen LogP contribution < -0.4 is 0 Å². The first-order chi connectivity index (χ1) is 13.2. The summed E-state index contributed by atoms with van der Waals surface area (Å²) >= 11 is 0. The SMILES string of the molecule is CC/C(=C(\c1ccc2[nH]ncc2c1)c1ccc(C)cc1C)c1ccccc1. The molecule has 0 spiro atoms. The summed E-state index contributed by atoms with van der Waals surface area (Å²) in [6, 6.07) is 24.0. The second-order valence-corrected chi connectivity index (χ2v) is 7.06. The Balaban J connectivity index is 2.03. The molecule has 0 saturated carbocycles. The monoisotopic (exact) mass is 352 g/mol. The fourth-order valence-corrected chi connectivity index (χ4v) is 3.85. The summed E-state index contributed by atoms with van der Waals surface area (Å²) < 4.78 is 0. The van der Waals surface area contributed by atoms with Crippen molar-refractivity contribution in [1.29, 1.82) is 0 Å². The Morgan fingerprint density at radius 3 is 2.44 bits per heavy atom. The Kier molecular flexibility index (Phi) is 4.64. The maximum atomic E-state index is 4.19. The van der Waals surface area contributed by atoms with E-state index in [1.165, 1.54) is 39.0 Å². The van der Waals surface area contributed by atoms with Crippen LogP contribution in [0.1, 0.15) is 41.2 Å². The average Bonchev–Trinajstić information content (AvgIpc) is 3.15. The van der Waals surface area contributed by atoms with E-state index in [9.17, 15) is 0 Å². The van der Waals surface area contributed by atoms with Crippen molar-refractivity contribution in [2.45, 2.75) is 27.2 Å². The highest BCUT2D eigenvalue weighted by atomic mass is 15.1.